The van der Waals surface area contributed by atoms with Gasteiger partial charge in [0.25, 0.3) is 0 Å². The maximum atomic E-state index is 12.5. The largest absolute Gasteiger partial charge is 0.481 e. The molecular weight excluding hydrogens is 266 g/mol. The van der Waals surface area contributed by atoms with E-state index < -0.39 is 11.9 Å². The number of hydrogen-bond acceptors (Lipinski definition) is 3. The van der Waals surface area contributed by atoms with Crippen LogP contribution < -0.4 is 5.73 Å². The molecular formula is C17H23NO3. The molecule has 21 heavy (non-hydrogen) atoms. The molecule has 0 spiro atoms. The van der Waals surface area contributed by atoms with Gasteiger partial charge in [0.1, 0.15) is 0 Å². The zero-order valence-electron chi connectivity index (χ0n) is 12.4. The van der Waals surface area contributed by atoms with Gasteiger partial charge in [-0.3, -0.25) is 9.59 Å². The average molecular weight is 289 g/mol. The number of hydrogen-bond donors (Lipinski definition) is 2. The van der Waals surface area contributed by atoms with Gasteiger partial charge in [-0.05, 0) is 50.6 Å². The van der Waals surface area contributed by atoms with Gasteiger partial charge >= 0.3 is 5.97 Å². The van der Waals surface area contributed by atoms with Crippen molar-refractivity contribution >= 4 is 11.8 Å². The van der Waals surface area contributed by atoms with Crippen molar-refractivity contribution in [1.82, 2.24) is 0 Å². The van der Waals surface area contributed by atoms with Gasteiger partial charge in [-0.15, -0.1) is 0 Å². The zero-order valence-corrected chi connectivity index (χ0v) is 12.4. The molecule has 3 N–H and O–H groups in total. The van der Waals surface area contributed by atoms with E-state index in [9.17, 15) is 9.59 Å². The van der Waals surface area contributed by atoms with Crippen LogP contribution in [0.3, 0.4) is 0 Å². The molecule has 1 saturated carbocycles. The molecule has 4 heteroatoms. The SMILES string of the molecule is CC(C(=O)O)c1ccc(C(=O)C2CCC(CN)CC2)cc1. The molecule has 114 valence electrons. The van der Waals surface area contributed by atoms with Gasteiger partial charge in [-0.25, -0.2) is 0 Å². The Morgan fingerprint density at radius 1 is 1.19 bits per heavy atom. The second-order valence-corrected chi connectivity index (χ2v) is 6.00. The Morgan fingerprint density at radius 2 is 1.76 bits per heavy atom. The van der Waals surface area contributed by atoms with Crippen LogP contribution in [-0.4, -0.2) is 23.4 Å². The number of aliphatic carboxylic acids is 1. The Kier molecular flexibility index (Phi) is 5.12. The molecule has 0 saturated heterocycles. The van der Waals surface area contributed by atoms with Crippen LogP contribution in [0.4, 0.5) is 0 Å². The standard InChI is InChI=1S/C17H23NO3/c1-11(17(20)21)13-6-8-15(9-7-13)16(19)14-4-2-12(10-18)3-5-14/h6-9,11-12,14H,2-5,10,18H2,1H3,(H,20,21). The van der Waals surface area contributed by atoms with Crippen LogP contribution in [0.15, 0.2) is 24.3 Å². The van der Waals surface area contributed by atoms with Gasteiger partial charge in [0.2, 0.25) is 0 Å². The van der Waals surface area contributed by atoms with Gasteiger partial charge in [-0.1, -0.05) is 24.3 Å². The van der Waals surface area contributed by atoms with Crippen LogP contribution in [0.5, 0.6) is 0 Å². The summed E-state index contributed by atoms with van der Waals surface area (Å²) in [6.07, 6.45) is 3.88. The number of carbonyl (C=O) groups is 2. The first-order valence-corrected chi connectivity index (χ1v) is 7.60. The van der Waals surface area contributed by atoms with Crippen molar-refractivity contribution in [2.75, 3.05) is 6.54 Å². The van der Waals surface area contributed by atoms with Gasteiger partial charge in [0.15, 0.2) is 5.78 Å². The highest BCUT2D eigenvalue weighted by atomic mass is 16.4. The van der Waals surface area contributed by atoms with Crippen molar-refractivity contribution in [2.24, 2.45) is 17.6 Å². The fourth-order valence-electron chi connectivity index (χ4n) is 2.97. The summed E-state index contributed by atoms with van der Waals surface area (Å²) in [6, 6.07) is 7.01. The van der Waals surface area contributed by atoms with Crippen molar-refractivity contribution in [3.63, 3.8) is 0 Å². The van der Waals surface area contributed by atoms with Crippen LogP contribution in [0.2, 0.25) is 0 Å². The van der Waals surface area contributed by atoms with Crippen molar-refractivity contribution in [1.29, 1.82) is 0 Å². The van der Waals surface area contributed by atoms with Crippen molar-refractivity contribution < 1.29 is 14.7 Å². The molecule has 1 fully saturated rings. The summed E-state index contributed by atoms with van der Waals surface area (Å²) in [4.78, 5) is 23.4. The summed E-state index contributed by atoms with van der Waals surface area (Å²) in [6.45, 7) is 2.36. The highest BCUT2D eigenvalue weighted by molar-refractivity contribution is 5.98. The minimum Gasteiger partial charge on any atom is -0.481 e. The van der Waals surface area contributed by atoms with Crippen LogP contribution >= 0.6 is 0 Å². The van der Waals surface area contributed by atoms with Crippen LogP contribution in [0.25, 0.3) is 0 Å². The van der Waals surface area contributed by atoms with E-state index in [2.05, 4.69) is 0 Å². The minimum atomic E-state index is -0.853. The van der Waals surface area contributed by atoms with Gasteiger partial charge in [-0.2, -0.15) is 0 Å². The number of carbonyl (C=O) groups excluding carboxylic acids is 1. The third-order valence-electron chi connectivity index (χ3n) is 4.62. The maximum absolute atomic E-state index is 12.5. The normalized spacial score (nSPS) is 23.5. The van der Waals surface area contributed by atoms with Crippen LogP contribution in [0, 0.1) is 11.8 Å². The predicted molar refractivity (Wildman–Crippen MR) is 81.3 cm³/mol. The van der Waals surface area contributed by atoms with E-state index in [1.54, 1.807) is 31.2 Å². The number of benzene rings is 1. The van der Waals surface area contributed by atoms with Crippen LogP contribution in [0.1, 0.15) is 54.4 Å². The predicted octanol–water partition coefficient (Wildman–Crippen LogP) is 2.82. The Labute approximate surface area is 125 Å². The zero-order chi connectivity index (χ0) is 15.4. The van der Waals surface area contributed by atoms with Crippen molar-refractivity contribution in [2.45, 2.75) is 38.5 Å². The lowest BCUT2D eigenvalue weighted by Gasteiger charge is -2.26. The number of carboxylic acid groups (broad SMARTS) is 1. The highest BCUT2D eigenvalue weighted by Gasteiger charge is 2.26. The highest BCUT2D eigenvalue weighted by Crippen LogP contribution is 2.30. The average Bonchev–Trinajstić information content (AvgIpc) is 2.53. The topological polar surface area (TPSA) is 80.4 Å². The number of nitrogens with two attached hydrogens (primary N) is 1. The molecule has 2 rings (SSSR count). The van der Waals surface area contributed by atoms with E-state index in [0.717, 1.165) is 31.2 Å². The molecule has 1 aliphatic carbocycles. The first-order chi connectivity index (χ1) is 10.0. The molecule has 0 bridgehead atoms. The summed E-state index contributed by atoms with van der Waals surface area (Å²) in [5.41, 5.74) is 7.09. The van der Waals surface area contributed by atoms with E-state index >= 15 is 0 Å². The van der Waals surface area contributed by atoms with E-state index in [-0.39, 0.29) is 11.7 Å². The fourth-order valence-corrected chi connectivity index (χ4v) is 2.97. The smallest absolute Gasteiger partial charge is 0.310 e. The summed E-state index contributed by atoms with van der Waals surface area (Å²) >= 11 is 0. The summed E-state index contributed by atoms with van der Waals surface area (Å²) in [5, 5.41) is 8.99. The van der Waals surface area contributed by atoms with E-state index in [1.165, 1.54) is 0 Å². The fraction of sp³-hybridized carbons (Fsp3) is 0.529. The summed E-state index contributed by atoms with van der Waals surface area (Å²) in [7, 11) is 0. The number of Topliss-reactive ketones (excluding diaryl/α,β-unsaturated/α-hetero) is 1. The summed E-state index contributed by atoms with van der Waals surface area (Å²) in [5.74, 6) is -0.563. The quantitative estimate of drug-likeness (QED) is 0.817. The molecule has 0 aromatic heterocycles. The molecule has 0 amide bonds. The lowest BCUT2D eigenvalue weighted by atomic mass is 9.78. The second kappa shape index (κ2) is 6.85. The molecule has 0 radical (unpaired) electrons. The molecule has 1 atom stereocenters. The van der Waals surface area contributed by atoms with Crippen molar-refractivity contribution in [3.05, 3.63) is 35.4 Å². The summed E-state index contributed by atoms with van der Waals surface area (Å²) < 4.78 is 0. The number of ketones is 1. The Morgan fingerprint density at radius 3 is 2.24 bits per heavy atom. The third-order valence-corrected chi connectivity index (χ3v) is 4.62. The lowest BCUT2D eigenvalue weighted by molar-refractivity contribution is -0.138. The second-order valence-electron chi connectivity index (χ2n) is 6.00. The minimum absolute atomic E-state index is 0.0931. The molecule has 0 heterocycles. The molecule has 1 aliphatic rings. The molecule has 4 nitrogen and oxygen atoms in total. The first kappa shape index (κ1) is 15.7. The molecule has 1 unspecified atom stereocenters. The Bertz CT molecular complexity index is 501. The van der Waals surface area contributed by atoms with Gasteiger partial charge < -0.3 is 10.8 Å². The van der Waals surface area contributed by atoms with Gasteiger partial charge in [0.05, 0.1) is 5.92 Å². The van der Waals surface area contributed by atoms with E-state index in [1.807, 2.05) is 0 Å². The van der Waals surface area contributed by atoms with Gasteiger partial charge in [0, 0.05) is 11.5 Å². The van der Waals surface area contributed by atoms with Crippen LogP contribution in [-0.2, 0) is 4.79 Å². The molecule has 1 aromatic carbocycles. The lowest BCUT2D eigenvalue weighted by Crippen LogP contribution is -2.25. The monoisotopic (exact) mass is 289 g/mol. The third kappa shape index (κ3) is 3.70. The Hall–Kier alpha value is -1.68. The van der Waals surface area contributed by atoms with E-state index in [4.69, 9.17) is 10.8 Å². The Balaban J connectivity index is 2.02. The number of rotatable bonds is 5. The van der Waals surface area contributed by atoms with E-state index in [0.29, 0.717) is 18.0 Å². The number of carboxylic acids is 1. The first-order valence-electron chi connectivity index (χ1n) is 7.60. The molecule has 1 aromatic rings. The molecule has 0 aliphatic heterocycles. The maximum Gasteiger partial charge on any atom is 0.310 e. The van der Waals surface area contributed by atoms with Crippen molar-refractivity contribution in [3.8, 4) is 0 Å².